The maximum Gasteiger partial charge on any atom is 0.472 e. The number of hydrogen-bond acceptors (Lipinski definition) is 8. The molecule has 0 heterocycles. The van der Waals surface area contributed by atoms with Crippen molar-refractivity contribution in [3.05, 3.63) is 60.8 Å². The molecule has 0 amide bonds. The Morgan fingerprint density at radius 1 is 0.566 bits per heavy atom. The van der Waals surface area contributed by atoms with Gasteiger partial charge in [-0.15, -0.1) is 0 Å². The summed E-state index contributed by atoms with van der Waals surface area (Å²) in [4.78, 5) is 34.8. The third-order valence-corrected chi connectivity index (χ3v) is 9.36. The third kappa shape index (κ3) is 39.2. The number of rotatable bonds is 38. The van der Waals surface area contributed by atoms with Crippen LogP contribution in [0.5, 0.6) is 0 Å². The molecule has 0 rings (SSSR count). The highest BCUT2D eigenvalue weighted by molar-refractivity contribution is 7.47. The summed E-state index contributed by atoms with van der Waals surface area (Å²) >= 11 is 0. The number of carbonyl (C=O) groups is 2. The van der Waals surface area contributed by atoms with Gasteiger partial charge in [0.05, 0.1) is 13.2 Å². The van der Waals surface area contributed by atoms with E-state index < -0.39 is 32.5 Å². The predicted octanol–water partition coefficient (Wildman–Crippen LogP) is 11.7. The first-order valence-electron chi connectivity index (χ1n) is 20.8. The average Bonchev–Trinajstić information content (AvgIpc) is 3.14. The molecule has 0 aromatic rings. The van der Waals surface area contributed by atoms with Crippen LogP contribution in [0, 0.1) is 0 Å². The van der Waals surface area contributed by atoms with Crippen LogP contribution in [0.3, 0.4) is 0 Å². The third-order valence-electron chi connectivity index (χ3n) is 8.38. The summed E-state index contributed by atoms with van der Waals surface area (Å²) in [5.74, 6) is -0.887. The van der Waals surface area contributed by atoms with Crippen molar-refractivity contribution in [3.63, 3.8) is 0 Å². The highest BCUT2D eigenvalue weighted by Gasteiger charge is 2.25. The minimum atomic E-state index is -4.39. The van der Waals surface area contributed by atoms with Gasteiger partial charge in [-0.3, -0.25) is 18.6 Å². The summed E-state index contributed by atoms with van der Waals surface area (Å²) in [6.07, 6.45) is 45.3. The first kappa shape index (κ1) is 50.7. The van der Waals surface area contributed by atoms with Gasteiger partial charge in [-0.05, 0) is 83.5 Å². The first-order chi connectivity index (χ1) is 25.8. The van der Waals surface area contributed by atoms with Crippen molar-refractivity contribution in [2.24, 2.45) is 5.73 Å². The monoisotopic (exact) mass is 766 g/mol. The van der Waals surface area contributed by atoms with E-state index in [1.165, 1.54) is 64.2 Å². The smallest absolute Gasteiger partial charge is 0.462 e. The van der Waals surface area contributed by atoms with Crippen LogP contribution >= 0.6 is 7.82 Å². The zero-order chi connectivity index (χ0) is 38.9. The van der Waals surface area contributed by atoms with Gasteiger partial charge in [-0.1, -0.05) is 132 Å². The van der Waals surface area contributed by atoms with Gasteiger partial charge in [0.15, 0.2) is 6.10 Å². The largest absolute Gasteiger partial charge is 0.472 e. The molecule has 0 spiro atoms. The molecule has 0 aromatic heterocycles. The Kier molecular flexibility index (Phi) is 37.7. The number of phosphoric ester groups is 1. The van der Waals surface area contributed by atoms with E-state index in [-0.39, 0.29) is 32.6 Å². The second-order valence-electron chi connectivity index (χ2n) is 13.5. The van der Waals surface area contributed by atoms with Crippen molar-refractivity contribution in [2.45, 2.75) is 174 Å². The fourth-order valence-corrected chi connectivity index (χ4v) is 6.02. The molecule has 0 bridgehead atoms. The maximum atomic E-state index is 12.6. The Morgan fingerprint density at radius 3 is 1.49 bits per heavy atom. The fourth-order valence-electron chi connectivity index (χ4n) is 5.26. The second-order valence-corrected chi connectivity index (χ2v) is 14.9. The standard InChI is InChI=1S/C43H76NO8P/c1-3-5-7-9-11-13-15-17-19-20-22-24-26-28-30-32-34-36-43(46)52-41(40-51-53(47,48)50-38-37-44)39-49-42(45)35-33-31-29-27-25-23-21-18-16-14-12-10-8-6-4-2/h11-14,17-19,21,25,27,41H,3-10,15-16,20,22-24,26,28-40,44H2,1-2H3,(H,47,48)/b13-11-,14-12-,19-17-,21-18-,27-25-/t41-/m1/s1. The van der Waals surface area contributed by atoms with Crippen LogP contribution in [0.4, 0.5) is 0 Å². The van der Waals surface area contributed by atoms with Gasteiger partial charge in [0.1, 0.15) is 6.61 Å². The Hall–Kier alpha value is -2.29. The van der Waals surface area contributed by atoms with Gasteiger partial charge < -0.3 is 20.1 Å². The van der Waals surface area contributed by atoms with Crippen molar-refractivity contribution in [3.8, 4) is 0 Å². The normalized spacial score (nSPS) is 14.0. The molecule has 306 valence electrons. The lowest BCUT2D eigenvalue weighted by Gasteiger charge is -2.19. The number of carbonyl (C=O) groups excluding carboxylic acids is 2. The molecule has 0 aromatic carbocycles. The highest BCUT2D eigenvalue weighted by atomic mass is 31.2. The van der Waals surface area contributed by atoms with Crippen molar-refractivity contribution < 1.29 is 37.6 Å². The molecule has 0 aliphatic heterocycles. The minimum absolute atomic E-state index is 0.0443. The van der Waals surface area contributed by atoms with E-state index in [4.69, 9.17) is 24.3 Å². The Labute approximate surface area is 323 Å². The molecule has 9 nitrogen and oxygen atoms in total. The van der Waals surface area contributed by atoms with E-state index in [9.17, 15) is 19.0 Å². The quantitative estimate of drug-likeness (QED) is 0.0272. The molecule has 3 N–H and O–H groups in total. The molecular weight excluding hydrogens is 689 g/mol. The van der Waals surface area contributed by atoms with E-state index >= 15 is 0 Å². The molecule has 10 heteroatoms. The lowest BCUT2D eigenvalue weighted by atomic mass is 10.1. The Balaban J connectivity index is 4.27. The molecule has 0 saturated heterocycles. The summed E-state index contributed by atoms with van der Waals surface area (Å²) in [5, 5.41) is 0. The zero-order valence-electron chi connectivity index (χ0n) is 33.5. The molecule has 0 radical (unpaired) electrons. The topological polar surface area (TPSA) is 134 Å². The van der Waals surface area contributed by atoms with Crippen LogP contribution < -0.4 is 5.73 Å². The minimum Gasteiger partial charge on any atom is -0.462 e. The van der Waals surface area contributed by atoms with Crippen molar-refractivity contribution in [2.75, 3.05) is 26.4 Å². The van der Waals surface area contributed by atoms with Gasteiger partial charge in [0.2, 0.25) is 0 Å². The van der Waals surface area contributed by atoms with Crippen LogP contribution in [0.15, 0.2) is 60.8 Å². The van der Waals surface area contributed by atoms with Gasteiger partial charge >= 0.3 is 19.8 Å². The SMILES string of the molecule is CCCCC/C=C\C/C=C\C/C=C\CCCCC(=O)OC[C@H](COP(=O)(O)OCCN)OC(=O)CCCCCCCCC/C=C\C/C=C\CCCCC. The highest BCUT2D eigenvalue weighted by Crippen LogP contribution is 2.43. The summed E-state index contributed by atoms with van der Waals surface area (Å²) in [5.41, 5.74) is 5.34. The van der Waals surface area contributed by atoms with Crippen molar-refractivity contribution >= 4 is 19.8 Å². The summed E-state index contributed by atoms with van der Waals surface area (Å²) < 4.78 is 32.7. The van der Waals surface area contributed by atoms with E-state index in [1.54, 1.807) is 0 Å². The lowest BCUT2D eigenvalue weighted by Crippen LogP contribution is -2.29. The Bertz CT molecular complexity index is 1050. The number of nitrogens with two attached hydrogens (primary N) is 1. The number of allylic oxidation sites excluding steroid dienone is 10. The van der Waals surface area contributed by atoms with Crippen LogP contribution in [0.2, 0.25) is 0 Å². The molecule has 53 heavy (non-hydrogen) atoms. The molecular formula is C43H76NO8P. The van der Waals surface area contributed by atoms with Crippen molar-refractivity contribution in [1.82, 2.24) is 0 Å². The van der Waals surface area contributed by atoms with E-state index in [0.29, 0.717) is 12.8 Å². The second kappa shape index (κ2) is 39.4. The number of ether oxygens (including phenoxy) is 2. The van der Waals surface area contributed by atoms with Crippen LogP contribution in [0.25, 0.3) is 0 Å². The fraction of sp³-hybridized carbons (Fsp3) is 0.721. The van der Waals surface area contributed by atoms with E-state index in [0.717, 1.165) is 64.2 Å². The number of esters is 2. The molecule has 2 atom stereocenters. The van der Waals surface area contributed by atoms with Gasteiger partial charge in [-0.2, -0.15) is 0 Å². The first-order valence-corrected chi connectivity index (χ1v) is 22.3. The lowest BCUT2D eigenvalue weighted by molar-refractivity contribution is -0.161. The number of hydrogen-bond donors (Lipinski definition) is 2. The van der Waals surface area contributed by atoms with Gasteiger partial charge in [0, 0.05) is 19.4 Å². The maximum absolute atomic E-state index is 12.6. The molecule has 0 fully saturated rings. The molecule has 1 unspecified atom stereocenters. The van der Waals surface area contributed by atoms with Crippen molar-refractivity contribution in [1.29, 1.82) is 0 Å². The Morgan fingerprint density at radius 2 is 0.981 bits per heavy atom. The predicted molar refractivity (Wildman–Crippen MR) is 219 cm³/mol. The van der Waals surface area contributed by atoms with Crippen LogP contribution in [-0.4, -0.2) is 49.3 Å². The molecule has 0 saturated carbocycles. The molecule has 0 aliphatic rings. The van der Waals surface area contributed by atoms with Gasteiger partial charge in [-0.25, -0.2) is 4.57 Å². The van der Waals surface area contributed by atoms with E-state index in [2.05, 4.69) is 74.6 Å². The summed E-state index contributed by atoms with van der Waals surface area (Å²) in [7, 11) is -4.39. The average molecular weight is 766 g/mol. The van der Waals surface area contributed by atoms with Gasteiger partial charge in [0.25, 0.3) is 0 Å². The number of phosphoric acid groups is 1. The zero-order valence-corrected chi connectivity index (χ0v) is 34.4. The van der Waals surface area contributed by atoms with Crippen LogP contribution in [-0.2, 0) is 32.7 Å². The van der Waals surface area contributed by atoms with E-state index in [1.807, 2.05) is 0 Å². The molecule has 0 aliphatic carbocycles. The van der Waals surface area contributed by atoms with Crippen LogP contribution in [0.1, 0.15) is 168 Å². The summed E-state index contributed by atoms with van der Waals surface area (Å²) in [6, 6.07) is 0. The number of unbranched alkanes of at least 4 members (excludes halogenated alkanes) is 15. The summed E-state index contributed by atoms with van der Waals surface area (Å²) in [6.45, 7) is 3.61.